The quantitative estimate of drug-likeness (QED) is 0.672. The number of para-hydroxylation sites is 1. The average Bonchev–Trinajstić information content (AvgIpc) is 2.89. The van der Waals surface area contributed by atoms with Crippen molar-refractivity contribution in [2.75, 3.05) is 6.54 Å². The Kier molecular flexibility index (Phi) is 2.87. The third-order valence-corrected chi connectivity index (χ3v) is 3.45. The molecule has 0 spiro atoms. The van der Waals surface area contributed by atoms with E-state index in [0.29, 0.717) is 6.54 Å². The van der Waals surface area contributed by atoms with Crippen molar-refractivity contribution in [2.24, 2.45) is 5.73 Å². The van der Waals surface area contributed by atoms with Gasteiger partial charge in [-0.2, -0.15) is 0 Å². The van der Waals surface area contributed by atoms with E-state index in [1.807, 2.05) is 6.07 Å². The predicted molar refractivity (Wildman–Crippen MR) is 78.1 cm³/mol. The minimum atomic E-state index is 0.610. The Labute approximate surface area is 112 Å². The van der Waals surface area contributed by atoms with E-state index in [-0.39, 0.29) is 0 Å². The molecule has 0 bridgehead atoms. The van der Waals surface area contributed by atoms with E-state index in [2.05, 4.69) is 42.0 Å². The molecule has 98 valence electrons. The van der Waals surface area contributed by atoms with Gasteiger partial charge in [0.15, 0.2) is 0 Å². The number of nitrogens with zero attached hydrogens (tertiary/aromatic N) is 1. The van der Waals surface area contributed by atoms with Crippen LogP contribution in [0.1, 0.15) is 17.2 Å². The third kappa shape index (κ3) is 1.94. The Balaban J connectivity index is 2.21. The number of fused-ring (bicyclic) bond motifs is 1. The number of nitrogens with two attached hydrogens (primary N) is 1. The van der Waals surface area contributed by atoms with E-state index in [1.165, 1.54) is 10.9 Å². The maximum atomic E-state index is 5.59. The highest BCUT2D eigenvalue weighted by molar-refractivity contribution is 5.96. The molecule has 4 nitrogen and oxygen atoms in total. The fourth-order valence-electron chi connectivity index (χ4n) is 2.60. The fraction of sp³-hybridized carbons (Fsp3) is 0.267. The van der Waals surface area contributed by atoms with Crippen molar-refractivity contribution in [3.05, 3.63) is 41.5 Å². The highest BCUT2D eigenvalue weighted by Gasteiger charge is 2.15. The number of benzene rings is 1. The zero-order valence-electron chi connectivity index (χ0n) is 11.2. The highest BCUT2D eigenvalue weighted by Crippen LogP contribution is 2.32. The number of H-pyrrole nitrogens is 2. The van der Waals surface area contributed by atoms with Gasteiger partial charge in [-0.15, -0.1) is 0 Å². The van der Waals surface area contributed by atoms with Crippen molar-refractivity contribution >= 4 is 10.9 Å². The molecule has 0 aliphatic heterocycles. The molecule has 0 radical (unpaired) electrons. The van der Waals surface area contributed by atoms with Crippen LogP contribution < -0.4 is 5.73 Å². The number of aryl methyl sites for hydroxylation is 2. The number of aromatic amines is 2. The molecule has 0 unspecified atom stereocenters. The number of hydrogen-bond donors (Lipinski definition) is 3. The second kappa shape index (κ2) is 4.55. The van der Waals surface area contributed by atoms with E-state index in [0.717, 1.165) is 34.8 Å². The number of rotatable bonds is 3. The topological polar surface area (TPSA) is 70.5 Å². The van der Waals surface area contributed by atoms with Gasteiger partial charge in [0.05, 0.1) is 5.69 Å². The van der Waals surface area contributed by atoms with E-state index in [9.17, 15) is 0 Å². The van der Waals surface area contributed by atoms with Crippen molar-refractivity contribution in [3.63, 3.8) is 0 Å². The van der Waals surface area contributed by atoms with Gasteiger partial charge in [-0.05, 0) is 26.5 Å². The molecule has 2 heterocycles. The monoisotopic (exact) mass is 254 g/mol. The Hall–Kier alpha value is -2.07. The molecule has 0 fully saturated rings. The standard InChI is InChI=1S/C15H18N4/c1-9-14(11-5-3-4-6-12(11)17-9)15-10(2)18-13(19-15)7-8-16/h3-6,17H,7-8,16H2,1-2H3,(H,18,19). The van der Waals surface area contributed by atoms with Gasteiger partial charge in [0.2, 0.25) is 0 Å². The van der Waals surface area contributed by atoms with Crippen LogP contribution in [-0.4, -0.2) is 21.5 Å². The summed E-state index contributed by atoms with van der Waals surface area (Å²) >= 11 is 0. The van der Waals surface area contributed by atoms with Gasteiger partial charge in [-0.3, -0.25) is 0 Å². The number of imidazole rings is 1. The van der Waals surface area contributed by atoms with Crippen LogP contribution in [0, 0.1) is 13.8 Å². The van der Waals surface area contributed by atoms with Gasteiger partial charge < -0.3 is 15.7 Å². The summed E-state index contributed by atoms with van der Waals surface area (Å²) in [6.45, 7) is 4.76. The summed E-state index contributed by atoms with van der Waals surface area (Å²) in [7, 11) is 0. The Morgan fingerprint density at radius 2 is 1.89 bits per heavy atom. The fourth-order valence-corrected chi connectivity index (χ4v) is 2.60. The molecule has 0 atom stereocenters. The molecular weight excluding hydrogens is 236 g/mol. The third-order valence-electron chi connectivity index (χ3n) is 3.45. The molecule has 1 aromatic carbocycles. The van der Waals surface area contributed by atoms with E-state index < -0.39 is 0 Å². The Morgan fingerprint density at radius 1 is 1.11 bits per heavy atom. The van der Waals surface area contributed by atoms with Gasteiger partial charge in [-0.25, -0.2) is 4.98 Å². The lowest BCUT2D eigenvalue weighted by atomic mass is 10.1. The molecule has 0 aliphatic rings. The summed E-state index contributed by atoms with van der Waals surface area (Å²) < 4.78 is 0. The number of nitrogens with one attached hydrogen (secondary N) is 2. The molecule has 4 heteroatoms. The van der Waals surface area contributed by atoms with E-state index >= 15 is 0 Å². The zero-order valence-corrected chi connectivity index (χ0v) is 11.2. The maximum absolute atomic E-state index is 5.59. The first-order chi connectivity index (χ1) is 9.20. The minimum Gasteiger partial charge on any atom is -0.358 e. The van der Waals surface area contributed by atoms with E-state index in [4.69, 9.17) is 10.7 Å². The lowest BCUT2D eigenvalue weighted by Gasteiger charge is -1.98. The molecule has 2 aromatic heterocycles. The van der Waals surface area contributed by atoms with Crippen molar-refractivity contribution in [2.45, 2.75) is 20.3 Å². The average molecular weight is 254 g/mol. The zero-order chi connectivity index (χ0) is 13.4. The molecule has 0 saturated heterocycles. The minimum absolute atomic E-state index is 0.610. The van der Waals surface area contributed by atoms with Crippen LogP contribution in [0.2, 0.25) is 0 Å². The summed E-state index contributed by atoms with van der Waals surface area (Å²) in [5.74, 6) is 0.958. The van der Waals surface area contributed by atoms with Crippen LogP contribution in [-0.2, 0) is 6.42 Å². The van der Waals surface area contributed by atoms with Crippen molar-refractivity contribution in [1.82, 2.24) is 15.0 Å². The molecule has 3 rings (SSSR count). The Bertz CT molecular complexity index is 721. The lowest BCUT2D eigenvalue weighted by molar-refractivity contribution is 0.891. The van der Waals surface area contributed by atoms with Crippen LogP contribution in [0.3, 0.4) is 0 Å². The summed E-state index contributed by atoms with van der Waals surface area (Å²) in [5, 5.41) is 1.22. The summed E-state index contributed by atoms with van der Waals surface area (Å²) in [6, 6.07) is 8.32. The summed E-state index contributed by atoms with van der Waals surface area (Å²) in [5.41, 5.74) is 11.2. The van der Waals surface area contributed by atoms with Crippen LogP contribution >= 0.6 is 0 Å². The first-order valence-corrected chi connectivity index (χ1v) is 6.54. The summed E-state index contributed by atoms with van der Waals surface area (Å²) in [4.78, 5) is 11.4. The van der Waals surface area contributed by atoms with Crippen LogP contribution in [0.25, 0.3) is 22.2 Å². The first-order valence-electron chi connectivity index (χ1n) is 6.54. The lowest BCUT2D eigenvalue weighted by Crippen LogP contribution is -2.03. The molecule has 0 aliphatic carbocycles. The van der Waals surface area contributed by atoms with E-state index in [1.54, 1.807) is 0 Å². The molecule has 19 heavy (non-hydrogen) atoms. The molecule has 4 N–H and O–H groups in total. The predicted octanol–water partition coefficient (Wildman–Crippen LogP) is 2.68. The largest absolute Gasteiger partial charge is 0.358 e. The van der Waals surface area contributed by atoms with Crippen molar-refractivity contribution in [3.8, 4) is 11.3 Å². The summed E-state index contributed by atoms with van der Waals surface area (Å²) in [6.07, 6.45) is 0.780. The van der Waals surface area contributed by atoms with Gasteiger partial charge in [-0.1, -0.05) is 18.2 Å². The SMILES string of the molecule is Cc1[nH]c(CCN)nc1-c1c(C)[nH]c2ccccc12. The van der Waals surface area contributed by atoms with Gasteiger partial charge in [0, 0.05) is 34.3 Å². The smallest absolute Gasteiger partial charge is 0.108 e. The number of hydrogen-bond acceptors (Lipinski definition) is 2. The Morgan fingerprint density at radius 3 is 2.68 bits per heavy atom. The second-order valence-corrected chi connectivity index (χ2v) is 4.87. The second-order valence-electron chi connectivity index (χ2n) is 4.87. The first kappa shape index (κ1) is 12.0. The molecule has 0 saturated carbocycles. The maximum Gasteiger partial charge on any atom is 0.108 e. The number of aromatic nitrogens is 3. The molecular formula is C15H18N4. The molecule has 0 amide bonds. The van der Waals surface area contributed by atoms with Crippen LogP contribution in [0.4, 0.5) is 0 Å². The highest BCUT2D eigenvalue weighted by atomic mass is 14.9. The van der Waals surface area contributed by atoms with Crippen LogP contribution in [0.15, 0.2) is 24.3 Å². The van der Waals surface area contributed by atoms with Crippen LogP contribution in [0.5, 0.6) is 0 Å². The van der Waals surface area contributed by atoms with Crippen molar-refractivity contribution in [1.29, 1.82) is 0 Å². The van der Waals surface area contributed by atoms with Gasteiger partial charge in [0.1, 0.15) is 5.82 Å². The normalized spacial score (nSPS) is 11.3. The van der Waals surface area contributed by atoms with Crippen molar-refractivity contribution < 1.29 is 0 Å². The van der Waals surface area contributed by atoms with Gasteiger partial charge in [0.25, 0.3) is 0 Å². The molecule has 3 aromatic rings. The van der Waals surface area contributed by atoms with Gasteiger partial charge >= 0.3 is 0 Å².